The Bertz CT molecular complexity index is 366. The molecular formula is C11H20N4O2. The molecule has 2 atom stereocenters. The average molecular weight is 240 g/mol. The predicted octanol–water partition coefficient (Wildman–Crippen LogP) is -0.0888. The number of likely N-dealkylation sites (N-methyl/N-ethyl adjacent to an activating group) is 2. The summed E-state index contributed by atoms with van der Waals surface area (Å²) < 4.78 is 4.99. The van der Waals surface area contributed by atoms with Crippen LogP contribution in [0.5, 0.6) is 0 Å². The van der Waals surface area contributed by atoms with E-state index in [0.717, 1.165) is 26.1 Å². The van der Waals surface area contributed by atoms with Gasteiger partial charge in [0.05, 0.1) is 0 Å². The molecule has 0 amide bonds. The Morgan fingerprint density at radius 3 is 2.88 bits per heavy atom. The van der Waals surface area contributed by atoms with Crippen LogP contribution in [0.15, 0.2) is 4.52 Å². The third-order valence-corrected chi connectivity index (χ3v) is 3.24. The Hall–Kier alpha value is -0.980. The summed E-state index contributed by atoms with van der Waals surface area (Å²) in [5.41, 5.74) is 0. The third-order valence-electron chi connectivity index (χ3n) is 3.24. The number of aromatic nitrogens is 2. The molecule has 2 heterocycles. The molecule has 6 nitrogen and oxygen atoms in total. The van der Waals surface area contributed by atoms with E-state index in [1.807, 2.05) is 0 Å². The van der Waals surface area contributed by atoms with E-state index in [2.05, 4.69) is 34.0 Å². The zero-order chi connectivity index (χ0) is 12.4. The Labute approximate surface area is 101 Å². The molecule has 0 saturated carbocycles. The van der Waals surface area contributed by atoms with Crippen molar-refractivity contribution < 1.29 is 9.63 Å². The van der Waals surface area contributed by atoms with Crippen LogP contribution in [-0.4, -0.2) is 64.8 Å². The van der Waals surface area contributed by atoms with Crippen LogP contribution >= 0.6 is 0 Å². The highest BCUT2D eigenvalue weighted by molar-refractivity contribution is 4.94. The Kier molecular flexibility index (Phi) is 3.76. The first-order chi connectivity index (χ1) is 8.06. The molecule has 1 aromatic heterocycles. The van der Waals surface area contributed by atoms with Gasteiger partial charge in [0.2, 0.25) is 0 Å². The van der Waals surface area contributed by atoms with Gasteiger partial charge in [-0.15, -0.1) is 0 Å². The summed E-state index contributed by atoms with van der Waals surface area (Å²) in [4.78, 5) is 8.81. The first-order valence-corrected chi connectivity index (χ1v) is 5.95. The lowest BCUT2D eigenvalue weighted by Crippen LogP contribution is -2.50. The normalized spacial score (nSPS) is 25.1. The second kappa shape index (κ2) is 5.12. The first kappa shape index (κ1) is 12.5. The summed E-state index contributed by atoms with van der Waals surface area (Å²) in [6, 6.07) is 0.410. The molecule has 96 valence electrons. The summed E-state index contributed by atoms with van der Waals surface area (Å²) in [6.07, 6.45) is 0.0693. The molecule has 1 aliphatic heterocycles. The topological polar surface area (TPSA) is 65.6 Å². The van der Waals surface area contributed by atoms with Crippen molar-refractivity contribution in [2.45, 2.75) is 25.5 Å². The molecule has 0 aromatic carbocycles. The lowest BCUT2D eigenvalue weighted by atomic mass is 10.1. The van der Waals surface area contributed by atoms with Crippen molar-refractivity contribution in [2.24, 2.45) is 0 Å². The fourth-order valence-electron chi connectivity index (χ4n) is 2.05. The molecule has 0 spiro atoms. The van der Waals surface area contributed by atoms with Crippen molar-refractivity contribution in [1.82, 2.24) is 19.9 Å². The van der Waals surface area contributed by atoms with Crippen molar-refractivity contribution in [1.29, 1.82) is 0 Å². The molecule has 1 aliphatic rings. The van der Waals surface area contributed by atoms with Crippen LogP contribution in [0.4, 0.5) is 0 Å². The highest BCUT2D eigenvalue weighted by Crippen LogP contribution is 2.13. The van der Waals surface area contributed by atoms with E-state index in [0.29, 0.717) is 17.8 Å². The van der Waals surface area contributed by atoms with Crippen molar-refractivity contribution in [3.63, 3.8) is 0 Å². The van der Waals surface area contributed by atoms with Gasteiger partial charge in [0.25, 0.3) is 5.89 Å². The molecule has 0 bridgehead atoms. The minimum atomic E-state index is -0.692. The van der Waals surface area contributed by atoms with E-state index >= 15 is 0 Å². The summed E-state index contributed by atoms with van der Waals surface area (Å²) >= 11 is 0. The van der Waals surface area contributed by atoms with E-state index in [4.69, 9.17) is 4.52 Å². The minimum absolute atomic E-state index is 0.298. The summed E-state index contributed by atoms with van der Waals surface area (Å²) in [7, 11) is 4.24. The number of hydrogen-bond donors (Lipinski definition) is 1. The summed E-state index contributed by atoms with van der Waals surface area (Å²) in [5, 5.41) is 13.2. The molecule has 0 radical (unpaired) electrons. The molecule has 0 aliphatic carbocycles. The molecule has 1 fully saturated rings. The van der Waals surface area contributed by atoms with Gasteiger partial charge in [0.1, 0.15) is 6.10 Å². The van der Waals surface area contributed by atoms with Crippen molar-refractivity contribution >= 4 is 0 Å². The Balaban J connectivity index is 1.98. The maximum atomic E-state index is 9.32. The number of hydrogen-bond acceptors (Lipinski definition) is 6. The quantitative estimate of drug-likeness (QED) is 0.796. The van der Waals surface area contributed by atoms with Gasteiger partial charge in [-0.05, 0) is 21.0 Å². The maximum Gasteiger partial charge on any atom is 0.255 e. The predicted molar refractivity (Wildman–Crippen MR) is 62.6 cm³/mol. The van der Waals surface area contributed by atoms with Gasteiger partial charge in [-0.25, -0.2) is 0 Å². The fourth-order valence-corrected chi connectivity index (χ4v) is 2.05. The van der Waals surface area contributed by atoms with E-state index in [-0.39, 0.29) is 0 Å². The Morgan fingerprint density at radius 2 is 2.24 bits per heavy atom. The molecule has 1 aromatic rings. The zero-order valence-corrected chi connectivity index (χ0v) is 10.6. The van der Waals surface area contributed by atoms with Crippen LogP contribution < -0.4 is 0 Å². The smallest absolute Gasteiger partial charge is 0.255 e. The molecule has 2 unspecified atom stereocenters. The lowest BCUT2D eigenvalue weighted by molar-refractivity contribution is 0.113. The maximum absolute atomic E-state index is 9.32. The van der Waals surface area contributed by atoms with Crippen LogP contribution in [0.2, 0.25) is 0 Å². The Morgan fingerprint density at radius 1 is 1.47 bits per heavy atom. The number of piperazine rings is 1. The molecule has 6 heteroatoms. The van der Waals surface area contributed by atoms with Crippen LogP contribution in [0.3, 0.4) is 0 Å². The largest absolute Gasteiger partial charge is 0.384 e. The first-order valence-electron chi connectivity index (χ1n) is 5.95. The number of aliphatic hydroxyl groups is 1. The second-order valence-electron chi connectivity index (χ2n) is 4.83. The van der Waals surface area contributed by atoms with Gasteiger partial charge in [-0.1, -0.05) is 5.16 Å². The molecule has 2 rings (SSSR count). The molecular weight excluding hydrogens is 220 g/mol. The highest BCUT2D eigenvalue weighted by Gasteiger charge is 2.24. The monoisotopic (exact) mass is 240 g/mol. The number of nitrogens with zero attached hydrogens (tertiary/aromatic N) is 4. The van der Waals surface area contributed by atoms with Gasteiger partial charge < -0.3 is 19.4 Å². The van der Waals surface area contributed by atoms with Crippen LogP contribution in [0, 0.1) is 0 Å². The molecule has 17 heavy (non-hydrogen) atoms. The highest BCUT2D eigenvalue weighted by atomic mass is 16.5. The second-order valence-corrected chi connectivity index (χ2v) is 4.83. The van der Waals surface area contributed by atoms with E-state index in [1.54, 1.807) is 6.92 Å². The van der Waals surface area contributed by atoms with Crippen molar-refractivity contribution in [2.75, 3.05) is 33.7 Å². The zero-order valence-electron chi connectivity index (χ0n) is 10.6. The van der Waals surface area contributed by atoms with Gasteiger partial charge in [-0.2, -0.15) is 4.98 Å². The van der Waals surface area contributed by atoms with Crippen LogP contribution in [0.1, 0.15) is 24.7 Å². The van der Waals surface area contributed by atoms with Gasteiger partial charge in [0, 0.05) is 32.1 Å². The third kappa shape index (κ3) is 3.02. The SMILES string of the molecule is CC(O)c1nc(CC2CN(C)CCN2C)no1. The van der Waals surface area contributed by atoms with Crippen LogP contribution in [-0.2, 0) is 6.42 Å². The lowest BCUT2D eigenvalue weighted by Gasteiger charge is -2.37. The number of rotatable bonds is 3. The van der Waals surface area contributed by atoms with Crippen molar-refractivity contribution in [3.8, 4) is 0 Å². The molecule has 1 N–H and O–H groups in total. The average Bonchev–Trinajstić information content (AvgIpc) is 2.72. The van der Waals surface area contributed by atoms with E-state index < -0.39 is 6.10 Å². The van der Waals surface area contributed by atoms with Gasteiger partial charge in [-0.3, -0.25) is 0 Å². The number of aliphatic hydroxyl groups excluding tert-OH is 1. The van der Waals surface area contributed by atoms with Crippen molar-refractivity contribution in [3.05, 3.63) is 11.7 Å². The van der Waals surface area contributed by atoms with Gasteiger partial charge in [0.15, 0.2) is 5.82 Å². The summed E-state index contributed by atoms with van der Waals surface area (Å²) in [5.74, 6) is 0.972. The standard InChI is InChI=1S/C11H20N4O2/c1-8(16)11-12-10(13-17-11)6-9-7-14(2)4-5-15(9)3/h8-9,16H,4-7H2,1-3H3. The van der Waals surface area contributed by atoms with E-state index in [1.165, 1.54) is 0 Å². The molecule has 1 saturated heterocycles. The van der Waals surface area contributed by atoms with Gasteiger partial charge >= 0.3 is 0 Å². The fraction of sp³-hybridized carbons (Fsp3) is 0.818. The van der Waals surface area contributed by atoms with E-state index in [9.17, 15) is 5.11 Å². The minimum Gasteiger partial charge on any atom is -0.384 e. The summed E-state index contributed by atoms with van der Waals surface area (Å²) in [6.45, 7) is 4.79. The van der Waals surface area contributed by atoms with Crippen LogP contribution in [0.25, 0.3) is 0 Å².